The molecule has 0 aliphatic heterocycles. The maximum atomic E-state index is 13.4. The Morgan fingerprint density at radius 1 is 1.03 bits per heavy atom. The number of benzene rings is 3. The van der Waals surface area contributed by atoms with Crippen LogP contribution in [0.5, 0.6) is 0 Å². The summed E-state index contributed by atoms with van der Waals surface area (Å²) in [5, 5.41) is 0.540. The molecule has 3 aromatic carbocycles. The molecule has 0 bridgehead atoms. The fourth-order valence-electron chi connectivity index (χ4n) is 3.23. The van der Waals surface area contributed by atoms with Gasteiger partial charge in [0, 0.05) is 3.57 Å². The summed E-state index contributed by atoms with van der Waals surface area (Å²) < 4.78 is 7.57. The van der Waals surface area contributed by atoms with E-state index < -0.39 is 5.97 Å². The SMILES string of the molecule is CCOC(=O)c1ccc(-n2c(C=Cc3ccccc3)nc3ccc(I)cc3c2=O)cc1. The number of ether oxygens (including phenoxy) is 1. The predicted molar refractivity (Wildman–Crippen MR) is 131 cm³/mol. The minimum atomic E-state index is -0.392. The standard InChI is InChI=1S/C25H19IN2O3/c1-2-31-25(30)18-9-12-20(13-10-18)28-23(15-8-17-6-4-3-5-7-17)27-22-14-11-19(26)16-21(22)24(28)29/h3-16H,2H2,1H3. The summed E-state index contributed by atoms with van der Waals surface area (Å²) in [6.45, 7) is 2.07. The van der Waals surface area contributed by atoms with Crippen LogP contribution in [0.25, 0.3) is 28.7 Å². The van der Waals surface area contributed by atoms with Crippen LogP contribution in [-0.4, -0.2) is 22.1 Å². The number of hydrogen-bond donors (Lipinski definition) is 0. The molecule has 0 N–H and O–H groups in total. The first-order chi connectivity index (χ1) is 15.1. The maximum Gasteiger partial charge on any atom is 0.338 e. The number of halogens is 1. The average Bonchev–Trinajstić information content (AvgIpc) is 2.79. The summed E-state index contributed by atoms with van der Waals surface area (Å²) in [6, 6.07) is 22.2. The first kappa shape index (κ1) is 21.0. The van der Waals surface area contributed by atoms with Crippen LogP contribution in [0.3, 0.4) is 0 Å². The molecule has 0 spiro atoms. The van der Waals surface area contributed by atoms with Gasteiger partial charge in [0.15, 0.2) is 0 Å². The van der Waals surface area contributed by atoms with Crippen molar-refractivity contribution >= 4 is 51.6 Å². The third-order valence-corrected chi connectivity index (χ3v) is 5.39. The van der Waals surface area contributed by atoms with E-state index in [1.54, 1.807) is 35.8 Å². The topological polar surface area (TPSA) is 61.2 Å². The van der Waals surface area contributed by atoms with E-state index in [0.29, 0.717) is 34.6 Å². The quantitative estimate of drug-likeness (QED) is 0.263. The van der Waals surface area contributed by atoms with Crippen molar-refractivity contribution in [1.29, 1.82) is 0 Å². The van der Waals surface area contributed by atoms with E-state index in [0.717, 1.165) is 9.13 Å². The summed E-state index contributed by atoms with van der Waals surface area (Å²) >= 11 is 2.18. The Kier molecular flexibility index (Phi) is 6.27. The molecule has 0 unspecified atom stereocenters. The third-order valence-electron chi connectivity index (χ3n) is 4.72. The molecule has 4 aromatic rings. The van der Waals surface area contributed by atoms with Crippen LogP contribution >= 0.6 is 22.6 Å². The van der Waals surface area contributed by atoms with Gasteiger partial charge in [-0.2, -0.15) is 0 Å². The van der Waals surface area contributed by atoms with Crippen molar-refractivity contribution in [2.75, 3.05) is 6.61 Å². The van der Waals surface area contributed by atoms with Gasteiger partial charge in [0.1, 0.15) is 5.82 Å². The molecule has 0 saturated carbocycles. The third kappa shape index (κ3) is 4.59. The lowest BCUT2D eigenvalue weighted by atomic mass is 10.1. The van der Waals surface area contributed by atoms with E-state index in [4.69, 9.17) is 9.72 Å². The minimum absolute atomic E-state index is 0.167. The Bertz CT molecular complexity index is 1330. The zero-order valence-electron chi connectivity index (χ0n) is 16.8. The number of aromatic nitrogens is 2. The molecule has 4 rings (SSSR count). The van der Waals surface area contributed by atoms with E-state index in [-0.39, 0.29) is 5.56 Å². The predicted octanol–water partition coefficient (Wildman–Crippen LogP) is 5.34. The van der Waals surface area contributed by atoms with E-state index in [1.165, 1.54) is 0 Å². The molecular weight excluding hydrogens is 503 g/mol. The van der Waals surface area contributed by atoms with Crippen LogP contribution in [0, 0.1) is 3.57 Å². The van der Waals surface area contributed by atoms with Gasteiger partial charge in [-0.1, -0.05) is 36.4 Å². The Labute approximate surface area is 193 Å². The number of esters is 1. The van der Waals surface area contributed by atoms with Crippen LogP contribution in [0.15, 0.2) is 77.6 Å². The van der Waals surface area contributed by atoms with E-state index in [9.17, 15) is 9.59 Å². The minimum Gasteiger partial charge on any atom is -0.462 e. The van der Waals surface area contributed by atoms with Gasteiger partial charge in [0.2, 0.25) is 0 Å². The van der Waals surface area contributed by atoms with Gasteiger partial charge in [-0.15, -0.1) is 0 Å². The number of fused-ring (bicyclic) bond motifs is 1. The van der Waals surface area contributed by atoms with Crippen molar-refractivity contribution in [3.63, 3.8) is 0 Å². The summed E-state index contributed by atoms with van der Waals surface area (Å²) in [5.74, 6) is 0.114. The molecule has 31 heavy (non-hydrogen) atoms. The summed E-state index contributed by atoms with van der Waals surface area (Å²) in [5.41, 5.74) is 2.53. The second-order valence-corrected chi connectivity index (χ2v) is 8.03. The van der Waals surface area contributed by atoms with Gasteiger partial charge in [-0.25, -0.2) is 9.78 Å². The number of rotatable bonds is 5. The summed E-state index contributed by atoms with van der Waals surface area (Å²) in [4.78, 5) is 30.1. The van der Waals surface area contributed by atoms with Crippen molar-refractivity contribution < 1.29 is 9.53 Å². The first-order valence-corrected chi connectivity index (χ1v) is 10.9. The van der Waals surface area contributed by atoms with Crippen LogP contribution in [0.2, 0.25) is 0 Å². The van der Waals surface area contributed by atoms with Crippen molar-refractivity contribution in [3.8, 4) is 5.69 Å². The first-order valence-electron chi connectivity index (χ1n) is 9.80. The Balaban J connectivity index is 1.87. The largest absolute Gasteiger partial charge is 0.462 e. The van der Waals surface area contributed by atoms with Gasteiger partial charge in [0.05, 0.1) is 28.8 Å². The van der Waals surface area contributed by atoms with Crippen molar-refractivity contribution in [1.82, 2.24) is 9.55 Å². The summed E-state index contributed by atoms with van der Waals surface area (Å²) in [6.07, 6.45) is 3.75. The smallest absolute Gasteiger partial charge is 0.338 e. The van der Waals surface area contributed by atoms with Gasteiger partial charge in [-0.05, 0) is 83.6 Å². The molecule has 6 heteroatoms. The monoisotopic (exact) mass is 522 g/mol. The van der Waals surface area contributed by atoms with Crippen molar-refractivity contribution in [2.24, 2.45) is 0 Å². The van der Waals surface area contributed by atoms with E-state index >= 15 is 0 Å². The molecule has 154 valence electrons. The fourth-order valence-corrected chi connectivity index (χ4v) is 3.72. The highest BCUT2D eigenvalue weighted by Gasteiger charge is 2.13. The molecule has 0 atom stereocenters. The number of carbonyl (C=O) groups excluding carboxylic acids is 1. The zero-order chi connectivity index (χ0) is 21.8. The second kappa shape index (κ2) is 9.26. The molecule has 0 fully saturated rings. The van der Waals surface area contributed by atoms with Crippen LogP contribution in [0.1, 0.15) is 28.7 Å². The number of hydrogen-bond acceptors (Lipinski definition) is 4. The summed E-state index contributed by atoms with van der Waals surface area (Å²) in [7, 11) is 0. The Morgan fingerprint density at radius 2 is 1.77 bits per heavy atom. The average molecular weight is 522 g/mol. The molecule has 1 aromatic heterocycles. The highest BCUT2D eigenvalue weighted by molar-refractivity contribution is 14.1. The highest BCUT2D eigenvalue weighted by Crippen LogP contribution is 2.18. The van der Waals surface area contributed by atoms with Gasteiger partial charge in [-0.3, -0.25) is 9.36 Å². The van der Waals surface area contributed by atoms with E-state index in [2.05, 4.69) is 22.6 Å². The lowest BCUT2D eigenvalue weighted by molar-refractivity contribution is 0.0526. The van der Waals surface area contributed by atoms with Crippen LogP contribution in [-0.2, 0) is 4.74 Å². The zero-order valence-corrected chi connectivity index (χ0v) is 18.9. The van der Waals surface area contributed by atoms with Gasteiger partial charge >= 0.3 is 5.97 Å². The Morgan fingerprint density at radius 3 is 2.48 bits per heavy atom. The molecule has 0 amide bonds. The number of nitrogens with zero attached hydrogens (tertiary/aromatic N) is 2. The normalized spacial score (nSPS) is 11.2. The van der Waals surface area contributed by atoms with Crippen LogP contribution < -0.4 is 5.56 Å². The van der Waals surface area contributed by atoms with Gasteiger partial charge < -0.3 is 4.74 Å². The van der Waals surface area contributed by atoms with Crippen molar-refractivity contribution in [3.05, 3.63) is 104 Å². The lowest BCUT2D eigenvalue weighted by Crippen LogP contribution is -2.22. The molecule has 0 aliphatic rings. The highest BCUT2D eigenvalue weighted by atomic mass is 127. The number of carbonyl (C=O) groups is 1. The second-order valence-electron chi connectivity index (χ2n) is 6.78. The van der Waals surface area contributed by atoms with Crippen molar-refractivity contribution in [2.45, 2.75) is 6.92 Å². The molecule has 0 saturated heterocycles. The Hall–Kier alpha value is -3.26. The molecular formula is C25H19IN2O3. The maximum absolute atomic E-state index is 13.4. The molecule has 0 radical (unpaired) electrons. The van der Waals surface area contributed by atoms with Gasteiger partial charge in [0.25, 0.3) is 5.56 Å². The molecule has 1 heterocycles. The molecule has 0 aliphatic carbocycles. The van der Waals surface area contributed by atoms with E-state index in [1.807, 2.05) is 60.7 Å². The van der Waals surface area contributed by atoms with Crippen LogP contribution in [0.4, 0.5) is 0 Å². The molecule has 5 nitrogen and oxygen atoms in total. The fraction of sp³-hybridized carbons (Fsp3) is 0.0800. The lowest BCUT2D eigenvalue weighted by Gasteiger charge is -2.12.